The Hall–Kier alpha value is -4.82. The van der Waals surface area contributed by atoms with Crippen molar-refractivity contribution >= 4 is 29.5 Å². The van der Waals surface area contributed by atoms with Gasteiger partial charge in [0.15, 0.2) is 23.9 Å². The first-order valence-electron chi connectivity index (χ1n) is 13.1. The Morgan fingerprint density at radius 1 is 1.02 bits per heavy atom. The molecule has 2 aromatic carbocycles. The number of carbonyl (C=O) groups is 4. The number of amidine groups is 1. The highest BCUT2D eigenvalue weighted by Crippen LogP contribution is 2.40. The van der Waals surface area contributed by atoms with Gasteiger partial charge in [0.05, 0.1) is 25.8 Å². The third kappa shape index (κ3) is 8.61. The Kier molecular flexibility index (Phi) is 11.3. The number of rotatable bonds is 10. The lowest BCUT2D eigenvalue weighted by Crippen LogP contribution is -2.30. The van der Waals surface area contributed by atoms with Crippen LogP contribution in [0.3, 0.4) is 0 Å². The van der Waals surface area contributed by atoms with E-state index in [9.17, 15) is 27.6 Å². The first-order valence-corrected chi connectivity index (χ1v) is 13.1. The molecular formula is C29H34F3N3O9. The molecule has 1 aliphatic heterocycles. The second-order valence-corrected chi connectivity index (χ2v) is 10.4. The number of carboxylic acids is 2. The molecule has 0 unspecified atom stereocenters. The zero-order chi connectivity index (χ0) is 33.6. The van der Waals surface area contributed by atoms with E-state index in [-0.39, 0.29) is 29.8 Å². The molecule has 4 N–H and O–H groups in total. The third-order valence-corrected chi connectivity index (χ3v) is 6.23. The topological polar surface area (TPSA) is 176 Å². The van der Waals surface area contributed by atoms with Gasteiger partial charge >= 0.3 is 18.1 Å². The summed E-state index contributed by atoms with van der Waals surface area (Å²) in [7, 11) is 2.99. The van der Waals surface area contributed by atoms with E-state index in [1.165, 1.54) is 20.2 Å². The van der Waals surface area contributed by atoms with Crippen LogP contribution in [0.5, 0.6) is 17.2 Å². The van der Waals surface area contributed by atoms with E-state index < -0.39 is 30.1 Å². The Bertz CT molecular complexity index is 1450. The summed E-state index contributed by atoms with van der Waals surface area (Å²) < 4.78 is 48.3. The summed E-state index contributed by atoms with van der Waals surface area (Å²) in [5.41, 5.74) is 2.25. The van der Waals surface area contributed by atoms with Crippen molar-refractivity contribution in [1.82, 2.24) is 10.2 Å². The van der Waals surface area contributed by atoms with Gasteiger partial charge in [0.2, 0.25) is 0 Å². The van der Waals surface area contributed by atoms with E-state index in [0.717, 1.165) is 5.56 Å². The zero-order valence-electron chi connectivity index (χ0n) is 25.0. The second kappa shape index (κ2) is 14.1. The van der Waals surface area contributed by atoms with E-state index in [1.54, 1.807) is 23.1 Å². The predicted octanol–water partition coefficient (Wildman–Crippen LogP) is 3.87. The first-order chi connectivity index (χ1) is 20.3. The number of amides is 1. The molecule has 0 spiro atoms. The Labute approximate surface area is 251 Å². The molecular weight excluding hydrogens is 591 g/mol. The molecule has 2 aromatic rings. The number of halogens is 3. The number of carbonyl (C=O) groups excluding carboxylic acids is 2. The number of ether oxygens (including phenoxy) is 3. The van der Waals surface area contributed by atoms with Crippen molar-refractivity contribution in [2.75, 3.05) is 33.9 Å². The lowest BCUT2D eigenvalue weighted by Gasteiger charge is -2.25. The fraction of sp³-hybridized carbons (Fsp3) is 0.414. The summed E-state index contributed by atoms with van der Waals surface area (Å²) in [6.45, 7) is 7.68. The lowest BCUT2D eigenvalue weighted by atomic mass is 9.84. The van der Waals surface area contributed by atoms with E-state index in [0.29, 0.717) is 46.9 Å². The van der Waals surface area contributed by atoms with Crippen LogP contribution in [0.15, 0.2) is 24.3 Å². The SMILES string of the molecule is CCOc1cc2c(cc1C(=O)NC)C(=N)N(CC(=O)c1cc(OCC(=O)O)c(OC)c(C(C)(C)C)c1)C2.O=C(O)C(F)(F)F. The highest BCUT2D eigenvalue weighted by Gasteiger charge is 2.38. The Balaban J connectivity index is 0.000000860. The molecule has 12 nitrogen and oxygen atoms in total. The average molecular weight is 626 g/mol. The summed E-state index contributed by atoms with van der Waals surface area (Å²) in [6.07, 6.45) is -5.08. The number of alkyl halides is 3. The van der Waals surface area contributed by atoms with Crippen molar-refractivity contribution < 1.29 is 56.8 Å². The summed E-state index contributed by atoms with van der Waals surface area (Å²) in [6, 6.07) is 6.56. The van der Waals surface area contributed by atoms with Gasteiger partial charge in [-0.15, -0.1) is 0 Å². The molecule has 0 fully saturated rings. The van der Waals surface area contributed by atoms with Crippen molar-refractivity contribution in [3.05, 3.63) is 52.1 Å². The molecule has 0 saturated carbocycles. The molecule has 44 heavy (non-hydrogen) atoms. The van der Waals surface area contributed by atoms with Crippen LogP contribution < -0.4 is 19.5 Å². The Morgan fingerprint density at radius 3 is 2.11 bits per heavy atom. The van der Waals surface area contributed by atoms with Gasteiger partial charge in [0, 0.05) is 30.3 Å². The maximum absolute atomic E-state index is 13.4. The van der Waals surface area contributed by atoms with Gasteiger partial charge in [0.25, 0.3) is 5.91 Å². The number of nitrogens with zero attached hydrogens (tertiary/aromatic N) is 1. The molecule has 15 heteroatoms. The second-order valence-electron chi connectivity index (χ2n) is 10.4. The van der Waals surface area contributed by atoms with Gasteiger partial charge in [-0.1, -0.05) is 20.8 Å². The zero-order valence-corrected chi connectivity index (χ0v) is 25.0. The van der Waals surface area contributed by atoms with Crippen LogP contribution in [0.1, 0.15) is 65.1 Å². The standard InChI is InChI=1S/C27H33N3O7.C2HF3O2/c1-7-36-21-10-16-12-30(25(28)17(16)11-18(21)26(34)29-5)13-20(31)15-8-19(27(2,3)4)24(35-6)22(9-15)37-14-23(32)33;3-2(4,5)1(6)7/h8-11,28H,7,12-14H2,1-6H3,(H,29,34)(H,32,33);(H,6,7). The van der Waals surface area contributed by atoms with Crippen molar-refractivity contribution in [1.29, 1.82) is 5.41 Å². The molecule has 0 radical (unpaired) electrons. The van der Waals surface area contributed by atoms with E-state index >= 15 is 0 Å². The number of hydrogen-bond acceptors (Lipinski definition) is 8. The number of ketones is 1. The molecule has 240 valence electrons. The van der Waals surface area contributed by atoms with Crippen LogP contribution >= 0.6 is 0 Å². The van der Waals surface area contributed by atoms with Crippen molar-refractivity contribution in [3.8, 4) is 17.2 Å². The van der Waals surface area contributed by atoms with Gasteiger partial charge in [-0.3, -0.25) is 15.0 Å². The molecule has 1 amide bonds. The third-order valence-electron chi connectivity index (χ3n) is 6.23. The Morgan fingerprint density at radius 2 is 1.64 bits per heavy atom. The summed E-state index contributed by atoms with van der Waals surface area (Å²) in [4.78, 5) is 47.4. The van der Waals surface area contributed by atoms with E-state index in [4.69, 9.17) is 34.6 Å². The molecule has 0 bridgehead atoms. The first kappa shape index (κ1) is 35.4. The number of Topliss-reactive ketones (excluding diaryl/α,β-unsaturated/α-hetero) is 1. The van der Waals surface area contributed by atoms with Crippen LogP contribution in [-0.4, -0.2) is 84.7 Å². The molecule has 0 aromatic heterocycles. The van der Waals surface area contributed by atoms with Gasteiger partial charge in [0.1, 0.15) is 11.6 Å². The molecule has 0 atom stereocenters. The van der Waals surface area contributed by atoms with Crippen LogP contribution in [-0.2, 0) is 21.5 Å². The summed E-state index contributed by atoms with van der Waals surface area (Å²) >= 11 is 0. The largest absolute Gasteiger partial charge is 0.493 e. The van der Waals surface area contributed by atoms with Gasteiger partial charge in [-0.05, 0) is 42.2 Å². The van der Waals surface area contributed by atoms with Crippen molar-refractivity contribution in [3.63, 3.8) is 0 Å². The number of nitrogens with one attached hydrogen (secondary N) is 2. The molecule has 0 aliphatic carbocycles. The summed E-state index contributed by atoms with van der Waals surface area (Å²) in [5.74, 6) is -3.42. The molecule has 1 heterocycles. The highest BCUT2D eigenvalue weighted by molar-refractivity contribution is 6.07. The summed E-state index contributed by atoms with van der Waals surface area (Å²) in [5, 5.41) is 27.4. The van der Waals surface area contributed by atoms with Crippen molar-refractivity contribution in [2.45, 2.75) is 45.8 Å². The number of methoxy groups -OCH3 is 1. The monoisotopic (exact) mass is 625 g/mol. The predicted molar refractivity (Wildman–Crippen MR) is 151 cm³/mol. The minimum Gasteiger partial charge on any atom is -0.493 e. The maximum atomic E-state index is 13.4. The van der Waals surface area contributed by atoms with Gasteiger partial charge in [-0.2, -0.15) is 13.2 Å². The van der Waals surface area contributed by atoms with Crippen LogP contribution in [0.4, 0.5) is 13.2 Å². The number of carboxylic acid groups (broad SMARTS) is 2. The number of benzene rings is 2. The lowest BCUT2D eigenvalue weighted by molar-refractivity contribution is -0.192. The normalized spacial score (nSPS) is 12.5. The van der Waals surface area contributed by atoms with E-state index in [1.807, 2.05) is 27.7 Å². The molecule has 1 aliphatic rings. The van der Waals surface area contributed by atoms with Gasteiger partial charge in [-0.25, -0.2) is 9.59 Å². The quantitative estimate of drug-likeness (QED) is 0.284. The highest BCUT2D eigenvalue weighted by atomic mass is 19.4. The van der Waals surface area contributed by atoms with Crippen LogP contribution in [0.2, 0.25) is 0 Å². The van der Waals surface area contributed by atoms with E-state index in [2.05, 4.69) is 5.32 Å². The number of fused-ring (bicyclic) bond motifs is 1. The minimum absolute atomic E-state index is 0.0962. The molecule has 3 rings (SSSR count). The average Bonchev–Trinajstić information content (AvgIpc) is 3.23. The minimum atomic E-state index is -5.08. The van der Waals surface area contributed by atoms with Gasteiger partial charge < -0.3 is 34.6 Å². The van der Waals surface area contributed by atoms with Crippen LogP contribution in [0, 0.1) is 5.41 Å². The maximum Gasteiger partial charge on any atom is 0.490 e. The van der Waals surface area contributed by atoms with Crippen molar-refractivity contribution in [2.24, 2.45) is 0 Å². The molecule has 0 saturated heterocycles. The fourth-order valence-electron chi connectivity index (χ4n) is 4.19. The number of hydrogen-bond donors (Lipinski definition) is 4. The smallest absolute Gasteiger partial charge is 0.490 e. The fourth-order valence-corrected chi connectivity index (χ4v) is 4.19. The number of aliphatic carboxylic acids is 2. The van der Waals surface area contributed by atoms with Crippen LogP contribution in [0.25, 0.3) is 0 Å².